The van der Waals surface area contributed by atoms with Gasteiger partial charge in [0.2, 0.25) is 0 Å². The van der Waals surface area contributed by atoms with E-state index in [1.165, 1.54) is 32.2 Å². The number of benzene rings is 1. The Morgan fingerprint density at radius 3 is 3.05 bits per heavy atom. The predicted octanol–water partition coefficient (Wildman–Crippen LogP) is 4.49. The minimum absolute atomic E-state index is 0.100. The van der Waals surface area contributed by atoms with E-state index >= 15 is 0 Å². The highest BCUT2D eigenvalue weighted by Gasteiger charge is 2.20. The molecule has 1 saturated heterocycles. The molecule has 2 rings (SSSR count). The molecule has 0 bridgehead atoms. The molecule has 1 fully saturated rings. The Morgan fingerprint density at radius 2 is 2.27 bits per heavy atom. The number of hydrogen-bond donors (Lipinski definition) is 1. The number of likely N-dealkylation sites (tertiary alicyclic amines) is 1. The summed E-state index contributed by atoms with van der Waals surface area (Å²) < 4.78 is 0.862. The summed E-state index contributed by atoms with van der Waals surface area (Å²) in [6, 6.07) is 6.06. The first-order valence-electron chi connectivity index (χ1n) is 8.09. The maximum absolute atomic E-state index is 12.2. The van der Waals surface area contributed by atoms with Crippen LogP contribution in [0.3, 0.4) is 0 Å². The van der Waals surface area contributed by atoms with Crippen molar-refractivity contribution in [2.24, 2.45) is 0 Å². The lowest BCUT2D eigenvalue weighted by molar-refractivity contribution is 0.0947. The van der Waals surface area contributed by atoms with Gasteiger partial charge in [-0.25, -0.2) is 0 Å². The van der Waals surface area contributed by atoms with Gasteiger partial charge in [0.05, 0.1) is 10.6 Å². The van der Waals surface area contributed by atoms with E-state index in [9.17, 15) is 4.79 Å². The van der Waals surface area contributed by atoms with Gasteiger partial charge in [0.25, 0.3) is 5.91 Å². The van der Waals surface area contributed by atoms with Crippen LogP contribution in [0.15, 0.2) is 22.7 Å². The molecule has 22 heavy (non-hydrogen) atoms. The first kappa shape index (κ1) is 17.8. The summed E-state index contributed by atoms with van der Waals surface area (Å²) in [6.45, 7) is 5.21. The number of nitrogens with one attached hydrogen (secondary N) is 1. The molecule has 1 aliphatic heterocycles. The molecule has 0 aliphatic carbocycles. The molecule has 0 saturated carbocycles. The van der Waals surface area contributed by atoms with Crippen LogP contribution in [0.2, 0.25) is 5.02 Å². The topological polar surface area (TPSA) is 32.3 Å². The first-order valence-corrected chi connectivity index (χ1v) is 9.26. The number of hydrogen-bond acceptors (Lipinski definition) is 2. The largest absolute Gasteiger partial charge is 0.352 e. The highest BCUT2D eigenvalue weighted by molar-refractivity contribution is 9.10. The maximum atomic E-state index is 12.2. The SMILES string of the molecule is CC[C@@H]1CCCCN1CCCNC(=O)c1cc(Br)ccc1Cl. The molecular formula is C17H24BrClN2O. The lowest BCUT2D eigenvalue weighted by Gasteiger charge is -2.35. The molecule has 0 unspecified atom stereocenters. The molecule has 1 aromatic rings. The van der Waals surface area contributed by atoms with E-state index in [-0.39, 0.29) is 5.91 Å². The maximum Gasteiger partial charge on any atom is 0.252 e. The van der Waals surface area contributed by atoms with Crippen molar-refractivity contribution in [2.75, 3.05) is 19.6 Å². The monoisotopic (exact) mass is 386 g/mol. The second kappa shape index (κ2) is 8.90. The van der Waals surface area contributed by atoms with Crippen molar-refractivity contribution < 1.29 is 4.79 Å². The van der Waals surface area contributed by atoms with E-state index in [4.69, 9.17) is 11.6 Å². The average molecular weight is 388 g/mol. The predicted molar refractivity (Wildman–Crippen MR) is 95.6 cm³/mol. The molecule has 3 nitrogen and oxygen atoms in total. The summed E-state index contributed by atoms with van der Waals surface area (Å²) in [5.74, 6) is -0.100. The lowest BCUT2D eigenvalue weighted by Crippen LogP contribution is -2.40. The van der Waals surface area contributed by atoms with Crippen molar-refractivity contribution in [3.63, 3.8) is 0 Å². The number of carbonyl (C=O) groups is 1. The van der Waals surface area contributed by atoms with Crippen molar-refractivity contribution >= 4 is 33.4 Å². The highest BCUT2D eigenvalue weighted by Crippen LogP contribution is 2.21. The number of amides is 1. The van der Waals surface area contributed by atoms with Gasteiger partial charge in [-0.1, -0.05) is 40.9 Å². The Bertz CT molecular complexity index is 509. The molecule has 1 heterocycles. The van der Waals surface area contributed by atoms with Crippen LogP contribution >= 0.6 is 27.5 Å². The summed E-state index contributed by atoms with van der Waals surface area (Å²) in [4.78, 5) is 14.7. The fourth-order valence-electron chi connectivity index (χ4n) is 3.07. The molecule has 1 amide bonds. The third kappa shape index (κ3) is 4.97. The van der Waals surface area contributed by atoms with Crippen molar-refractivity contribution in [3.05, 3.63) is 33.3 Å². The van der Waals surface area contributed by atoms with Crippen LogP contribution in [-0.4, -0.2) is 36.5 Å². The molecule has 0 spiro atoms. The number of carbonyl (C=O) groups excluding carboxylic acids is 1. The third-order valence-electron chi connectivity index (χ3n) is 4.30. The van der Waals surface area contributed by atoms with Gasteiger partial charge in [0, 0.05) is 23.6 Å². The third-order valence-corrected chi connectivity index (χ3v) is 5.12. The van der Waals surface area contributed by atoms with Gasteiger partial charge >= 0.3 is 0 Å². The van der Waals surface area contributed by atoms with E-state index < -0.39 is 0 Å². The van der Waals surface area contributed by atoms with Crippen LogP contribution in [0.25, 0.3) is 0 Å². The summed E-state index contributed by atoms with van der Waals surface area (Å²) in [6.07, 6.45) is 6.17. The average Bonchev–Trinajstić information content (AvgIpc) is 2.54. The fraction of sp³-hybridized carbons (Fsp3) is 0.588. The van der Waals surface area contributed by atoms with Crippen molar-refractivity contribution in [1.29, 1.82) is 0 Å². The van der Waals surface area contributed by atoms with Crippen molar-refractivity contribution in [3.8, 4) is 0 Å². The van der Waals surface area contributed by atoms with Crippen LogP contribution in [0, 0.1) is 0 Å². The van der Waals surface area contributed by atoms with E-state index in [1.807, 2.05) is 6.07 Å². The molecule has 1 aromatic carbocycles. The molecule has 0 radical (unpaired) electrons. The summed E-state index contributed by atoms with van der Waals surface area (Å²) >= 11 is 9.44. The van der Waals surface area contributed by atoms with E-state index in [0.717, 1.165) is 23.5 Å². The molecule has 5 heteroatoms. The second-order valence-corrected chi connectivity index (χ2v) is 7.15. The normalized spacial score (nSPS) is 19.1. The second-order valence-electron chi connectivity index (χ2n) is 5.83. The van der Waals surface area contributed by atoms with Gasteiger partial charge < -0.3 is 10.2 Å². The summed E-state index contributed by atoms with van der Waals surface area (Å²) in [5, 5.41) is 3.46. The van der Waals surface area contributed by atoms with E-state index in [2.05, 4.69) is 33.1 Å². The number of piperidine rings is 1. The Hall–Kier alpha value is -0.580. The Morgan fingerprint density at radius 1 is 1.45 bits per heavy atom. The minimum atomic E-state index is -0.100. The minimum Gasteiger partial charge on any atom is -0.352 e. The van der Waals surface area contributed by atoms with Crippen LogP contribution < -0.4 is 5.32 Å². The van der Waals surface area contributed by atoms with E-state index in [1.54, 1.807) is 12.1 Å². The highest BCUT2D eigenvalue weighted by atomic mass is 79.9. The summed E-state index contributed by atoms with van der Waals surface area (Å²) in [7, 11) is 0. The Labute approximate surface area is 146 Å². The number of halogens is 2. The van der Waals surface area contributed by atoms with Crippen LogP contribution in [0.5, 0.6) is 0 Å². The molecule has 1 N–H and O–H groups in total. The van der Waals surface area contributed by atoms with Gasteiger partial charge in [-0.3, -0.25) is 4.79 Å². The van der Waals surface area contributed by atoms with Gasteiger partial charge in [-0.15, -0.1) is 0 Å². The zero-order valence-electron chi connectivity index (χ0n) is 13.1. The van der Waals surface area contributed by atoms with Crippen molar-refractivity contribution in [1.82, 2.24) is 10.2 Å². The van der Waals surface area contributed by atoms with E-state index in [0.29, 0.717) is 17.1 Å². The number of rotatable bonds is 6. The smallest absolute Gasteiger partial charge is 0.252 e. The Kier molecular flexibility index (Phi) is 7.19. The van der Waals surface area contributed by atoms with Gasteiger partial charge in [-0.05, 0) is 50.4 Å². The fourth-order valence-corrected chi connectivity index (χ4v) is 3.63. The zero-order chi connectivity index (χ0) is 15.9. The zero-order valence-corrected chi connectivity index (χ0v) is 15.4. The van der Waals surface area contributed by atoms with Gasteiger partial charge in [0.15, 0.2) is 0 Å². The van der Waals surface area contributed by atoms with Gasteiger partial charge in [-0.2, -0.15) is 0 Å². The Balaban J connectivity index is 1.76. The van der Waals surface area contributed by atoms with Crippen LogP contribution in [0.4, 0.5) is 0 Å². The quantitative estimate of drug-likeness (QED) is 0.730. The lowest BCUT2D eigenvalue weighted by atomic mass is 10.00. The molecule has 122 valence electrons. The number of nitrogens with zero attached hydrogens (tertiary/aromatic N) is 1. The molecular weight excluding hydrogens is 364 g/mol. The van der Waals surface area contributed by atoms with Crippen LogP contribution in [-0.2, 0) is 0 Å². The van der Waals surface area contributed by atoms with Crippen molar-refractivity contribution in [2.45, 2.75) is 45.1 Å². The summed E-state index contributed by atoms with van der Waals surface area (Å²) in [5.41, 5.74) is 0.528. The molecule has 0 aromatic heterocycles. The molecule has 1 atom stereocenters. The standard InChI is InChI=1S/C17H24BrClN2O/c1-2-14-6-3-4-10-21(14)11-5-9-20-17(22)15-12-13(18)7-8-16(15)19/h7-8,12,14H,2-6,9-11H2,1H3,(H,20,22)/t14-/m1/s1. The first-order chi connectivity index (χ1) is 10.6. The molecule has 1 aliphatic rings. The van der Waals surface area contributed by atoms with Gasteiger partial charge in [0.1, 0.15) is 0 Å². The van der Waals surface area contributed by atoms with Crippen LogP contribution in [0.1, 0.15) is 49.4 Å².